The van der Waals surface area contributed by atoms with Crippen molar-refractivity contribution in [1.29, 1.82) is 0 Å². The van der Waals surface area contributed by atoms with E-state index in [9.17, 15) is 9.90 Å². The van der Waals surface area contributed by atoms with Gasteiger partial charge in [-0.1, -0.05) is 12.1 Å². The normalized spacial score (nSPS) is 31.5. The number of carbonyl (C=O) groups excluding carboxylic acids is 1. The maximum Gasteiger partial charge on any atom is 0.222 e. The number of amides is 1. The van der Waals surface area contributed by atoms with E-state index in [1.165, 1.54) is 0 Å². The third kappa shape index (κ3) is 5.75. The summed E-state index contributed by atoms with van der Waals surface area (Å²) in [6, 6.07) is 8.09. The van der Waals surface area contributed by atoms with Gasteiger partial charge in [-0.2, -0.15) is 0 Å². The van der Waals surface area contributed by atoms with Crippen molar-refractivity contribution in [2.75, 3.05) is 33.8 Å². The second kappa shape index (κ2) is 10.3. The highest BCUT2D eigenvalue weighted by molar-refractivity contribution is 5.76. The highest BCUT2D eigenvalue weighted by Gasteiger charge is 2.50. The summed E-state index contributed by atoms with van der Waals surface area (Å²) in [5.74, 6) is 0.732. The zero-order valence-electron chi connectivity index (χ0n) is 18.5. The Morgan fingerprint density at radius 1 is 1.23 bits per heavy atom. The molecular formula is C23H35N3O5. The molecule has 3 saturated heterocycles. The van der Waals surface area contributed by atoms with Gasteiger partial charge in [0.15, 0.2) is 0 Å². The Hall–Kier alpha value is -1.71. The number of hydrogen-bond donors (Lipinski definition) is 3. The zero-order chi connectivity index (χ0) is 21.8. The van der Waals surface area contributed by atoms with Crippen LogP contribution in [0.25, 0.3) is 0 Å². The zero-order valence-corrected chi connectivity index (χ0v) is 18.5. The molecule has 4 rings (SSSR count). The lowest BCUT2D eigenvalue weighted by molar-refractivity contribution is -0.124. The molecule has 0 spiro atoms. The minimum atomic E-state index is -0.656. The van der Waals surface area contributed by atoms with Crippen LogP contribution in [0.1, 0.15) is 31.2 Å². The average Bonchev–Trinajstić information content (AvgIpc) is 3.30. The van der Waals surface area contributed by atoms with Gasteiger partial charge >= 0.3 is 0 Å². The minimum absolute atomic E-state index is 0.0595. The third-order valence-electron chi connectivity index (χ3n) is 6.67. The molecule has 3 aliphatic rings. The number of nitrogens with one attached hydrogen (secondary N) is 2. The van der Waals surface area contributed by atoms with Crippen LogP contribution in [-0.4, -0.2) is 86.3 Å². The van der Waals surface area contributed by atoms with Crippen LogP contribution in [0.4, 0.5) is 0 Å². The van der Waals surface area contributed by atoms with Crippen molar-refractivity contribution in [2.24, 2.45) is 0 Å². The molecule has 172 valence electrons. The predicted molar refractivity (Wildman–Crippen MR) is 116 cm³/mol. The Balaban J connectivity index is 1.16. The van der Waals surface area contributed by atoms with Crippen molar-refractivity contribution in [3.05, 3.63) is 29.8 Å². The monoisotopic (exact) mass is 433 g/mol. The van der Waals surface area contributed by atoms with Crippen molar-refractivity contribution >= 4 is 5.91 Å². The second-order valence-corrected chi connectivity index (χ2v) is 8.98. The summed E-state index contributed by atoms with van der Waals surface area (Å²) in [7, 11) is 3.77. The van der Waals surface area contributed by atoms with Crippen molar-refractivity contribution in [3.8, 4) is 5.75 Å². The first-order valence-corrected chi connectivity index (χ1v) is 11.3. The molecule has 8 nitrogen and oxygen atoms in total. The number of ether oxygens (including phenoxy) is 3. The molecule has 0 radical (unpaired) electrons. The summed E-state index contributed by atoms with van der Waals surface area (Å²) in [5.41, 5.74) is 1.01. The van der Waals surface area contributed by atoms with Crippen molar-refractivity contribution < 1.29 is 24.1 Å². The van der Waals surface area contributed by atoms with Gasteiger partial charge in [0, 0.05) is 25.6 Å². The van der Waals surface area contributed by atoms with Crippen molar-refractivity contribution in [3.63, 3.8) is 0 Å². The summed E-state index contributed by atoms with van der Waals surface area (Å²) in [5, 5.41) is 17.1. The molecule has 31 heavy (non-hydrogen) atoms. The van der Waals surface area contributed by atoms with Crippen LogP contribution < -0.4 is 15.4 Å². The Morgan fingerprint density at radius 3 is 2.65 bits per heavy atom. The van der Waals surface area contributed by atoms with Crippen LogP contribution in [0.5, 0.6) is 5.75 Å². The number of aliphatic hydroxyl groups is 1. The van der Waals surface area contributed by atoms with Gasteiger partial charge in [0.2, 0.25) is 5.91 Å². The quantitative estimate of drug-likeness (QED) is 0.555. The molecule has 3 heterocycles. The molecule has 0 bridgehead atoms. The highest BCUT2D eigenvalue weighted by Crippen LogP contribution is 2.35. The number of benzene rings is 1. The van der Waals surface area contributed by atoms with Gasteiger partial charge in [-0.15, -0.1) is 0 Å². The smallest absolute Gasteiger partial charge is 0.222 e. The molecule has 1 aromatic rings. The summed E-state index contributed by atoms with van der Waals surface area (Å²) in [6.45, 7) is 3.30. The average molecular weight is 434 g/mol. The molecule has 5 atom stereocenters. The van der Waals surface area contributed by atoms with E-state index in [2.05, 4.69) is 22.6 Å². The molecule has 1 aromatic carbocycles. The first-order chi connectivity index (χ1) is 15.0. The van der Waals surface area contributed by atoms with E-state index < -0.39 is 6.10 Å². The lowest BCUT2D eigenvalue weighted by Gasteiger charge is -2.30. The number of carbonyl (C=O) groups is 1. The molecule has 0 saturated carbocycles. The third-order valence-corrected chi connectivity index (χ3v) is 6.67. The topological polar surface area (TPSA) is 92.3 Å². The van der Waals surface area contributed by atoms with Gasteiger partial charge in [-0.3, -0.25) is 4.79 Å². The number of fused-ring (bicyclic) bond motifs is 1. The van der Waals surface area contributed by atoms with Crippen LogP contribution in [0.3, 0.4) is 0 Å². The number of methoxy groups -OCH3 is 1. The molecule has 3 fully saturated rings. The largest absolute Gasteiger partial charge is 0.497 e. The van der Waals surface area contributed by atoms with Crippen LogP contribution >= 0.6 is 0 Å². The Kier molecular flexibility index (Phi) is 7.45. The first-order valence-electron chi connectivity index (χ1n) is 11.3. The van der Waals surface area contributed by atoms with Crippen molar-refractivity contribution in [1.82, 2.24) is 15.5 Å². The molecule has 0 aromatic heterocycles. The van der Waals surface area contributed by atoms with Gasteiger partial charge in [0.25, 0.3) is 0 Å². The lowest BCUT2D eigenvalue weighted by Crippen LogP contribution is -2.46. The van der Waals surface area contributed by atoms with Crippen molar-refractivity contribution in [2.45, 2.75) is 68.8 Å². The second-order valence-electron chi connectivity index (χ2n) is 8.98. The first kappa shape index (κ1) is 22.5. The summed E-state index contributed by atoms with van der Waals surface area (Å²) in [6.07, 6.45) is 1.55. The van der Waals surface area contributed by atoms with Crippen LogP contribution in [0.15, 0.2) is 24.3 Å². The Labute approximate surface area is 184 Å². The minimum Gasteiger partial charge on any atom is -0.497 e. The summed E-state index contributed by atoms with van der Waals surface area (Å²) >= 11 is 0. The standard InChI is InChI=1S/C23H35N3O5/c1-26-9-7-16(8-10-26)24-14-20-22(28)23-19(31-20)11-18(30-23)12-21(27)25-13-15-3-5-17(29-2)6-4-15/h3-6,16,18-20,22-24,28H,7-14H2,1-2H3,(H,25,27). The van der Waals surface area contributed by atoms with Crippen LogP contribution in [0.2, 0.25) is 0 Å². The molecule has 1 amide bonds. The maximum atomic E-state index is 12.3. The fourth-order valence-corrected chi connectivity index (χ4v) is 4.73. The summed E-state index contributed by atoms with van der Waals surface area (Å²) < 4.78 is 17.2. The van der Waals surface area contributed by atoms with Gasteiger partial charge < -0.3 is 34.9 Å². The van der Waals surface area contributed by atoms with Crippen LogP contribution in [0, 0.1) is 0 Å². The molecule has 3 N–H and O–H groups in total. The number of aliphatic hydroxyl groups excluding tert-OH is 1. The number of likely N-dealkylation sites (tertiary alicyclic amines) is 1. The lowest BCUT2D eigenvalue weighted by atomic mass is 10.0. The summed E-state index contributed by atoms with van der Waals surface area (Å²) in [4.78, 5) is 14.7. The Morgan fingerprint density at radius 2 is 1.97 bits per heavy atom. The predicted octanol–water partition coefficient (Wildman–Crippen LogP) is 0.671. The fraction of sp³-hybridized carbons (Fsp3) is 0.696. The van der Waals surface area contributed by atoms with E-state index in [1.54, 1.807) is 7.11 Å². The van der Waals surface area contributed by atoms with E-state index in [1.807, 2.05) is 24.3 Å². The maximum absolute atomic E-state index is 12.3. The van der Waals surface area contributed by atoms with E-state index in [4.69, 9.17) is 14.2 Å². The number of hydrogen-bond acceptors (Lipinski definition) is 7. The van der Waals surface area contributed by atoms with Gasteiger partial charge in [0.1, 0.15) is 18.0 Å². The SMILES string of the molecule is COc1ccc(CNC(=O)CC2CC3OC(CNC4CCN(C)CC4)C(O)C3O2)cc1. The van der Waals surface area contributed by atoms with Crippen LogP contribution in [-0.2, 0) is 20.8 Å². The highest BCUT2D eigenvalue weighted by atomic mass is 16.6. The van der Waals surface area contributed by atoms with E-state index in [0.717, 1.165) is 37.2 Å². The Bertz CT molecular complexity index is 722. The molecule has 3 aliphatic heterocycles. The van der Waals surface area contributed by atoms with Gasteiger partial charge in [0.05, 0.1) is 31.8 Å². The van der Waals surface area contributed by atoms with E-state index >= 15 is 0 Å². The number of nitrogens with zero attached hydrogens (tertiary/aromatic N) is 1. The van der Waals surface area contributed by atoms with E-state index in [0.29, 0.717) is 25.6 Å². The molecule has 5 unspecified atom stereocenters. The molecule has 8 heteroatoms. The van der Waals surface area contributed by atoms with E-state index in [-0.39, 0.29) is 36.7 Å². The fourth-order valence-electron chi connectivity index (χ4n) is 4.73. The molecular weight excluding hydrogens is 398 g/mol. The number of piperidine rings is 1. The van der Waals surface area contributed by atoms with Gasteiger partial charge in [-0.25, -0.2) is 0 Å². The van der Waals surface area contributed by atoms with Gasteiger partial charge in [-0.05, 0) is 50.7 Å². The molecule has 0 aliphatic carbocycles. The number of rotatable bonds is 8.